The van der Waals surface area contributed by atoms with E-state index in [1.165, 1.54) is 11.8 Å². The molecule has 0 atom stereocenters. The molecular weight excluding hydrogens is 470 g/mol. The van der Waals surface area contributed by atoms with Crippen molar-refractivity contribution in [1.29, 1.82) is 0 Å². The molecule has 0 fully saturated rings. The number of para-hydroxylation sites is 1. The van der Waals surface area contributed by atoms with E-state index < -0.39 is 17.2 Å². The summed E-state index contributed by atoms with van der Waals surface area (Å²) in [5.41, 5.74) is -1.11. The minimum absolute atomic E-state index is 0.164. The second-order valence-electron chi connectivity index (χ2n) is 9.43. The third kappa shape index (κ3) is 5.91. The standard InChI is InChI=1S/C24H27N5O5S/c1-23(2,3)33-22(31)27-24(4,5)20-26-18(34-28-20)14-35-21-25-17-11-7-6-10-16(17)19(30)29(21)13-15-9-8-12-32-15/h6-12H,13-14H2,1-5H3,(H,27,31). The molecular formula is C24H27N5O5S. The van der Waals surface area contributed by atoms with E-state index in [1.54, 1.807) is 69.7 Å². The van der Waals surface area contributed by atoms with Crippen molar-refractivity contribution < 1.29 is 18.5 Å². The highest BCUT2D eigenvalue weighted by Gasteiger charge is 2.31. The zero-order valence-corrected chi connectivity index (χ0v) is 21.0. The van der Waals surface area contributed by atoms with Crippen molar-refractivity contribution in [2.75, 3.05) is 0 Å². The summed E-state index contributed by atoms with van der Waals surface area (Å²) in [4.78, 5) is 34.5. The Hall–Kier alpha value is -3.60. The summed E-state index contributed by atoms with van der Waals surface area (Å²) in [5.74, 6) is 1.55. The molecule has 4 aromatic rings. The number of alkyl carbamates (subject to hydrolysis) is 1. The summed E-state index contributed by atoms with van der Waals surface area (Å²) in [5, 5.41) is 7.81. The molecule has 11 heteroatoms. The summed E-state index contributed by atoms with van der Waals surface area (Å²) < 4.78 is 17.7. The van der Waals surface area contributed by atoms with E-state index in [4.69, 9.17) is 13.7 Å². The molecule has 0 aliphatic rings. The average molecular weight is 498 g/mol. The molecule has 1 N–H and O–H groups in total. The van der Waals surface area contributed by atoms with Crippen molar-refractivity contribution in [2.24, 2.45) is 0 Å². The molecule has 3 heterocycles. The van der Waals surface area contributed by atoms with Gasteiger partial charge in [0.25, 0.3) is 5.56 Å². The summed E-state index contributed by atoms with van der Waals surface area (Å²) in [7, 11) is 0. The Bertz CT molecular complexity index is 1390. The van der Waals surface area contributed by atoms with Crippen LogP contribution in [0.25, 0.3) is 10.9 Å². The molecule has 3 aromatic heterocycles. The first-order chi connectivity index (χ1) is 16.5. The molecule has 1 amide bonds. The van der Waals surface area contributed by atoms with Crippen molar-refractivity contribution in [3.63, 3.8) is 0 Å². The highest BCUT2D eigenvalue weighted by atomic mass is 32.2. The van der Waals surface area contributed by atoms with Crippen LogP contribution in [0, 0.1) is 0 Å². The van der Waals surface area contributed by atoms with Gasteiger partial charge in [-0.1, -0.05) is 29.1 Å². The van der Waals surface area contributed by atoms with Gasteiger partial charge in [0, 0.05) is 0 Å². The fourth-order valence-corrected chi connectivity index (χ4v) is 4.10. The van der Waals surface area contributed by atoms with E-state index in [2.05, 4.69) is 20.4 Å². The maximum absolute atomic E-state index is 13.2. The zero-order chi connectivity index (χ0) is 25.2. The molecule has 35 heavy (non-hydrogen) atoms. The van der Waals surface area contributed by atoms with E-state index in [0.29, 0.717) is 33.5 Å². The van der Waals surface area contributed by atoms with Crippen LogP contribution in [-0.4, -0.2) is 31.4 Å². The summed E-state index contributed by atoms with van der Waals surface area (Å²) in [6.07, 6.45) is 0.986. The van der Waals surface area contributed by atoms with Crippen molar-refractivity contribution in [3.05, 3.63) is 70.5 Å². The number of carbonyl (C=O) groups excluding carboxylic acids is 1. The van der Waals surface area contributed by atoms with Crippen LogP contribution in [0.4, 0.5) is 4.79 Å². The number of rotatable bonds is 7. The third-order valence-corrected chi connectivity index (χ3v) is 5.85. The first-order valence-corrected chi connectivity index (χ1v) is 12.0. The van der Waals surface area contributed by atoms with Gasteiger partial charge in [0.1, 0.15) is 16.9 Å². The van der Waals surface area contributed by atoms with E-state index in [0.717, 1.165) is 0 Å². The summed E-state index contributed by atoms with van der Waals surface area (Å²) in [6, 6.07) is 10.8. The number of carbonyl (C=O) groups is 1. The fourth-order valence-electron chi connectivity index (χ4n) is 3.26. The molecule has 0 bridgehead atoms. The SMILES string of the molecule is CC(C)(C)OC(=O)NC(C)(C)c1noc(CSc2nc3ccccc3c(=O)n2Cc2ccco2)n1. The maximum atomic E-state index is 13.2. The normalized spacial score (nSPS) is 12.1. The minimum atomic E-state index is -0.919. The van der Waals surface area contributed by atoms with Crippen molar-refractivity contribution in [1.82, 2.24) is 25.0 Å². The lowest BCUT2D eigenvalue weighted by atomic mass is 10.1. The monoisotopic (exact) mass is 497 g/mol. The van der Waals surface area contributed by atoms with Crippen LogP contribution in [0.3, 0.4) is 0 Å². The number of fused-ring (bicyclic) bond motifs is 1. The molecule has 0 unspecified atom stereocenters. The summed E-state index contributed by atoms with van der Waals surface area (Å²) in [6.45, 7) is 9.11. The lowest BCUT2D eigenvalue weighted by Gasteiger charge is -2.26. The van der Waals surface area contributed by atoms with Gasteiger partial charge in [-0.2, -0.15) is 4.98 Å². The van der Waals surface area contributed by atoms with E-state index in [-0.39, 0.29) is 17.9 Å². The maximum Gasteiger partial charge on any atom is 0.408 e. The van der Waals surface area contributed by atoms with E-state index >= 15 is 0 Å². The van der Waals surface area contributed by atoms with Gasteiger partial charge >= 0.3 is 6.09 Å². The molecule has 184 valence electrons. The van der Waals surface area contributed by atoms with Crippen molar-refractivity contribution in [3.8, 4) is 0 Å². The van der Waals surface area contributed by atoms with Gasteiger partial charge in [-0.05, 0) is 58.9 Å². The van der Waals surface area contributed by atoms with Crippen LogP contribution in [0.1, 0.15) is 52.1 Å². The third-order valence-electron chi connectivity index (χ3n) is 4.89. The second-order valence-corrected chi connectivity index (χ2v) is 10.4. The topological polar surface area (TPSA) is 125 Å². The number of hydrogen-bond acceptors (Lipinski definition) is 9. The number of hydrogen-bond donors (Lipinski definition) is 1. The van der Waals surface area contributed by atoms with Crippen LogP contribution in [0.15, 0.2) is 61.6 Å². The zero-order valence-electron chi connectivity index (χ0n) is 20.2. The van der Waals surface area contributed by atoms with Crippen molar-refractivity contribution >= 4 is 28.8 Å². The number of amides is 1. The average Bonchev–Trinajstić information content (AvgIpc) is 3.45. The largest absolute Gasteiger partial charge is 0.467 e. The Labute approximate surface area is 206 Å². The van der Waals surface area contributed by atoms with Crippen LogP contribution >= 0.6 is 11.8 Å². The Morgan fingerprint density at radius 2 is 1.89 bits per heavy atom. The van der Waals surface area contributed by atoms with Crippen LogP contribution in [0.5, 0.6) is 0 Å². The van der Waals surface area contributed by atoms with Gasteiger partial charge in [-0.25, -0.2) is 9.78 Å². The minimum Gasteiger partial charge on any atom is -0.467 e. The summed E-state index contributed by atoms with van der Waals surface area (Å²) >= 11 is 1.30. The Morgan fingerprint density at radius 3 is 2.60 bits per heavy atom. The van der Waals surface area contributed by atoms with Gasteiger partial charge in [0.15, 0.2) is 11.0 Å². The molecule has 0 aliphatic heterocycles. The number of aromatic nitrogens is 4. The van der Waals surface area contributed by atoms with Crippen LogP contribution in [-0.2, 0) is 22.6 Å². The highest BCUT2D eigenvalue weighted by molar-refractivity contribution is 7.98. The molecule has 10 nitrogen and oxygen atoms in total. The molecule has 0 radical (unpaired) electrons. The van der Waals surface area contributed by atoms with Crippen LogP contribution < -0.4 is 10.9 Å². The van der Waals surface area contributed by atoms with Gasteiger partial charge in [0.05, 0.1) is 29.5 Å². The van der Waals surface area contributed by atoms with E-state index in [9.17, 15) is 9.59 Å². The predicted octanol–water partition coefficient (Wildman–Crippen LogP) is 4.47. The smallest absolute Gasteiger partial charge is 0.408 e. The fraction of sp³-hybridized carbons (Fsp3) is 0.375. The first-order valence-electron chi connectivity index (χ1n) is 11.0. The number of thioether (sulfide) groups is 1. The quantitative estimate of drug-likeness (QED) is 0.291. The number of nitrogens with one attached hydrogen (secondary N) is 1. The van der Waals surface area contributed by atoms with Crippen LogP contribution in [0.2, 0.25) is 0 Å². The van der Waals surface area contributed by atoms with E-state index in [1.807, 2.05) is 12.1 Å². The number of benzene rings is 1. The second kappa shape index (κ2) is 9.57. The molecule has 0 saturated heterocycles. The Kier molecular flexibility index (Phi) is 6.70. The Balaban J connectivity index is 1.54. The highest BCUT2D eigenvalue weighted by Crippen LogP contribution is 2.24. The number of ether oxygens (including phenoxy) is 1. The number of furan rings is 1. The van der Waals surface area contributed by atoms with Gasteiger partial charge in [-0.15, -0.1) is 0 Å². The molecule has 0 spiro atoms. The lowest BCUT2D eigenvalue weighted by Crippen LogP contribution is -2.44. The van der Waals surface area contributed by atoms with Crippen molar-refractivity contribution in [2.45, 2.75) is 63.2 Å². The van der Waals surface area contributed by atoms with Gasteiger partial charge in [0.2, 0.25) is 5.89 Å². The Morgan fingerprint density at radius 1 is 1.11 bits per heavy atom. The molecule has 0 saturated carbocycles. The molecule has 1 aromatic carbocycles. The molecule has 4 rings (SSSR count). The molecule has 0 aliphatic carbocycles. The first kappa shape index (κ1) is 24.5. The lowest BCUT2D eigenvalue weighted by molar-refractivity contribution is 0.0465. The van der Waals surface area contributed by atoms with Gasteiger partial charge < -0.3 is 19.0 Å². The van der Waals surface area contributed by atoms with Gasteiger partial charge in [-0.3, -0.25) is 9.36 Å². The number of nitrogens with zero attached hydrogens (tertiary/aromatic N) is 4. The predicted molar refractivity (Wildman–Crippen MR) is 130 cm³/mol.